The number of carbonyl (C=O) groups is 2. The van der Waals surface area contributed by atoms with E-state index in [1.807, 2.05) is 31.2 Å². The summed E-state index contributed by atoms with van der Waals surface area (Å²) in [4.78, 5) is 23.3. The van der Waals surface area contributed by atoms with Gasteiger partial charge in [-0.3, -0.25) is 9.59 Å². The van der Waals surface area contributed by atoms with E-state index in [1.165, 1.54) is 12.1 Å². The molecule has 0 saturated heterocycles. The number of hydrogen-bond donors (Lipinski definition) is 2. The molecule has 1 amide bonds. The van der Waals surface area contributed by atoms with Crippen molar-refractivity contribution >= 4 is 40.6 Å². The Balaban J connectivity index is 1.81. The number of ketones is 1. The first kappa shape index (κ1) is 22.7. The molecular formula is C24H21Cl2NO4. The Kier molecular flexibility index (Phi) is 7.21. The van der Waals surface area contributed by atoms with E-state index < -0.39 is 11.7 Å². The molecular weight excluding hydrogens is 437 g/mol. The number of amides is 1. The highest BCUT2D eigenvalue weighted by molar-refractivity contribution is 6.41. The van der Waals surface area contributed by atoms with Crippen molar-refractivity contribution in [1.29, 1.82) is 0 Å². The Hall–Kier alpha value is -3.02. The van der Waals surface area contributed by atoms with Crippen LogP contribution < -0.4 is 10.1 Å². The van der Waals surface area contributed by atoms with Crippen molar-refractivity contribution in [3.8, 4) is 17.2 Å². The van der Waals surface area contributed by atoms with E-state index in [0.29, 0.717) is 23.4 Å². The number of benzene rings is 3. The van der Waals surface area contributed by atoms with Crippen LogP contribution >= 0.6 is 23.2 Å². The van der Waals surface area contributed by atoms with Crippen LogP contribution in [-0.2, 0) is 16.0 Å². The number of aryl methyl sites for hydroxylation is 1. The van der Waals surface area contributed by atoms with Crippen LogP contribution in [0.15, 0.2) is 54.6 Å². The minimum Gasteiger partial charge on any atom is -0.508 e. The van der Waals surface area contributed by atoms with Crippen molar-refractivity contribution in [3.05, 3.63) is 81.3 Å². The molecule has 0 heterocycles. The molecule has 3 rings (SSSR count). The predicted molar refractivity (Wildman–Crippen MR) is 123 cm³/mol. The van der Waals surface area contributed by atoms with Crippen LogP contribution in [0, 0.1) is 6.92 Å². The first-order valence-electron chi connectivity index (χ1n) is 9.65. The van der Waals surface area contributed by atoms with Crippen LogP contribution in [0.4, 0.5) is 5.69 Å². The molecule has 0 unspecified atom stereocenters. The fourth-order valence-electron chi connectivity index (χ4n) is 2.90. The third kappa shape index (κ3) is 5.78. The SMILES string of the molecule is CCC(=O)C(=O)Nc1cc(Cl)c(Oc2ccc(O)c(Cc3ccc(C)cc3)c2)c(Cl)c1. The number of hydrogen-bond acceptors (Lipinski definition) is 4. The fourth-order valence-corrected chi connectivity index (χ4v) is 3.47. The first-order chi connectivity index (χ1) is 14.8. The lowest BCUT2D eigenvalue weighted by Gasteiger charge is -2.14. The second-order valence-electron chi connectivity index (χ2n) is 7.05. The lowest BCUT2D eigenvalue weighted by atomic mass is 10.0. The molecule has 0 saturated carbocycles. The van der Waals surface area contributed by atoms with E-state index >= 15 is 0 Å². The molecule has 0 bridgehead atoms. The van der Waals surface area contributed by atoms with Crippen LogP contribution in [0.1, 0.15) is 30.0 Å². The third-order valence-corrected chi connectivity index (χ3v) is 5.18. The number of halogens is 2. The highest BCUT2D eigenvalue weighted by Crippen LogP contribution is 2.39. The Labute approximate surface area is 190 Å². The summed E-state index contributed by atoms with van der Waals surface area (Å²) in [6.07, 6.45) is 0.626. The molecule has 160 valence electrons. The molecule has 0 aliphatic carbocycles. The van der Waals surface area contributed by atoms with Gasteiger partial charge in [0.05, 0.1) is 10.0 Å². The molecule has 0 spiro atoms. The van der Waals surface area contributed by atoms with Gasteiger partial charge in [0.25, 0.3) is 5.91 Å². The number of ether oxygens (including phenoxy) is 1. The van der Waals surface area contributed by atoms with Crippen molar-refractivity contribution in [2.75, 3.05) is 5.32 Å². The summed E-state index contributed by atoms with van der Waals surface area (Å²) in [5.41, 5.74) is 3.19. The van der Waals surface area contributed by atoms with E-state index in [9.17, 15) is 14.7 Å². The van der Waals surface area contributed by atoms with Crippen molar-refractivity contribution in [2.24, 2.45) is 0 Å². The topological polar surface area (TPSA) is 75.6 Å². The van der Waals surface area contributed by atoms with Gasteiger partial charge < -0.3 is 15.2 Å². The van der Waals surface area contributed by atoms with Crippen LogP contribution in [0.3, 0.4) is 0 Å². The average Bonchev–Trinajstić information content (AvgIpc) is 2.74. The number of anilines is 1. The van der Waals surface area contributed by atoms with Crippen molar-refractivity contribution in [2.45, 2.75) is 26.7 Å². The van der Waals surface area contributed by atoms with Gasteiger partial charge in [0.15, 0.2) is 5.75 Å². The summed E-state index contributed by atoms with van der Waals surface area (Å²) < 4.78 is 5.87. The Morgan fingerprint density at radius 2 is 1.65 bits per heavy atom. The molecule has 0 fully saturated rings. The minimum absolute atomic E-state index is 0.0975. The highest BCUT2D eigenvalue weighted by atomic mass is 35.5. The van der Waals surface area contributed by atoms with Crippen molar-refractivity contribution in [3.63, 3.8) is 0 Å². The molecule has 0 aliphatic rings. The van der Waals surface area contributed by atoms with E-state index in [1.54, 1.807) is 25.1 Å². The summed E-state index contributed by atoms with van der Waals surface area (Å²) in [7, 11) is 0. The Morgan fingerprint density at radius 1 is 1.00 bits per heavy atom. The molecule has 3 aromatic rings. The molecule has 5 nitrogen and oxygen atoms in total. The predicted octanol–water partition coefficient (Wildman–Crippen LogP) is 6.31. The zero-order valence-electron chi connectivity index (χ0n) is 17.0. The molecule has 0 atom stereocenters. The number of aromatic hydroxyl groups is 1. The number of carbonyl (C=O) groups excluding carboxylic acids is 2. The number of phenolic OH excluding ortho intramolecular Hbond substituents is 1. The summed E-state index contributed by atoms with van der Waals surface area (Å²) in [5, 5.41) is 13.0. The lowest BCUT2D eigenvalue weighted by molar-refractivity contribution is -0.134. The Morgan fingerprint density at radius 3 is 2.26 bits per heavy atom. The molecule has 3 aromatic carbocycles. The number of rotatable bonds is 7. The second kappa shape index (κ2) is 9.86. The zero-order chi connectivity index (χ0) is 22.5. The smallest absolute Gasteiger partial charge is 0.291 e. The van der Waals surface area contributed by atoms with Crippen LogP contribution in [-0.4, -0.2) is 16.8 Å². The van der Waals surface area contributed by atoms with Gasteiger partial charge in [-0.05, 0) is 42.8 Å². The van der Waals surface area contributed by atoms with Crippen molar-refractivity contribution < 1.29 is 19.4 Å². The van der Waals surface area contributed by atoms with E-state index in [-0.39, 0.29) is 28.0 Å². The summed E-state index contributed by atoms with van der Waals surface area (Å²) >= 11 is 12.6. The van der Waals surface area contributed by atoms with E-state index in [0.717, 1.165) is 11.1 Å². The molecule has 31 heavy (non-hydrogen) atoms. The Bertz CT molecular complexity index is 1100. The maximum atomic E-state index is 11.8. The maximum Gasteiger partial charge on any atom is 0.291 e. The maximum absolute atomic E-state index is 11.8. The molecule has 0 radical (unpaired) electrons. The van der Waals surface area contributed by atoms with Gasteiger partial charge in [-0.15, -0.1) is 0 Å². The van der Waals surface area contributed by atoms with Gasteiger partial charge in [-0.1, -0.05) is 60.0 Å². The summed E-state index contributed by atoms with van der Waals surface area (Å²) in [6.45, 7) is 3.62. The molecule has 0 aliphatic heterocycles. The van der Waals surface area contributed by atoms with Crippen LogP contribution in [0.5, 0.6) is 17.2 Å². The normalized spacial score (nSPS) is 10.6. The molecule has 7 heteroatoms. The largest absolute Gasteiger partial charge is 0.508 e. The number of nitrogens with one attached hydrogen (secondary N) is 1. The lowest BCUT2D eigenvalue weighted by Crippen LogP contribution is -2.21. The molecule has 0 aromatic heterocycles. The number of phenols is 1. The summed E-state index contributed by atoms with van der Waals surface area (Å²) in [6, 6.07) is 15.8. The second-order valence-corrected chi connectivity index (χ2v) is 7.87. The summed E-state index contributed by atoms with van der Waals surface area (Å²) in [5.74, 6) is -0.471. The first-order valence-corrected chi connectivity index (χ1v) is 10.4. The highest BCUT2D eigenvalue weighted by Gasteiger charge is 2.16. The number of Topliss-reactive ketones (excluding diaryl/α,β-unsaturated/α-hetero) is 1. The van der Waals surface area contributed by atoms with Gasteiger partial charge in [0.2, 0.25) is 5.78 Å². The van der Waals surface area contributed by atoms with E-state index in [2.05, 4.69) is 5.32 Å². The average molecular weight is 458 g/mol. The monoisotopic (exact) mass is 457 g/mol. The molecule has 2 N–H and O–H groups in total. The zero-order valence-corrected chi connectivity index (χ0v) is 18.6. The van der Waals surface area contributed by atoms with Gasteiger partial charge >= 0.3 is 0 Å². The third-order valence-electron chi connectivity index (χ3n) is 4.62. The standard InChI is InChI=1S/C24H21Cl2NO4/c1-3-21(28)24(30)27-17-12-19(25)23(20(26)13-17)31-18-8-9-22(29)16(11-18)10-15-6-4-14(2)5-7-15/h4-9,11-13,29H,3,10H2,1-2H3,(H,27,30). The van der Waals surface area contributed by atoms with Crippen LogP contribution in [0.2, 0.25) is 10.0 Å². The van der Waals surface area contributed by atoms with Gasteiger partial charge in [-0.25, -0.2) is 0 Å². The van der Waals surface area contributed by atoms with Gasteiger partial charge in [0.1, 0.15) is 11.5 Å². The van der Waals surface area contributed by atoms with Gasteiger partial charge in [0, 0.05) is 24.1 Å². The fraction of sp³-hybridized carbons (Fsp3) is 0.167. The van der Waals surface area contributed by atoms with Gasteiger partial charge in [-0.2, -0.15) is 0 Å². The quantitative estimate of drug-likeness (QED) is 0.407. The van der Waals surface area contributed by atoms with E-state index in [4.69, 9.17) is 27.9 Å². The minimum atomic E-state index is -0.734. The van der Waals surface area contributed by atoms with Crippen molar-refractivity contribution in [1.82, 2.24) is 0 Å². The van der Waals surface area contributed by atoms with Crippen LogP contribution in [0.25, 0.3) is 0 Å².